The zero-order chi connectivity index (χ0) is 24.5. The Morgan fingerprint density at radius 3 is 2.53 bits per heavy atom. The second-order valence-corrected chi connectivity index (χ2v) is 8.48. The number of aryl methyl sites for hydroxylation is 2. The number of carbonyl (C=O) groups excluding carboxylic acids is 4. The van der Waals surface area contributed by atoms with Crippen LogP contribution in [0.1, 0.15) is 30.0 Å². The molecule has 6 amide bonds. The zero-order valence-corrected chi connectivity index (χ0v) is 19.2. The molecule has 1 fully saturated rings. The molecule has 1 atom stereocenters. The van der Waals surface area contributed by atoms with Crippen LogP contribution >= 0.6 is 0 Å². The molecule has 0 saturated carbocycles. The number of fused-ring (bicyclic) bond motifs is 1. The fraction of sp³-hybridized carbons (Fsp3) is 0.333. The molecule has 0 spiro atoms. The second-order valence-electron chi connectivity index (χ2n) is 8.48. The van der Waals surface area contributed by atoms with Gasteiger partial charge in [-0.05, 0) is 50.1 Å². The predicted octanol–water partition coefficient (Wildman–Crippen LogP) is 2.58. The maximum Gasteiger partial charge on any atom is 0.325 e. The molecule has 2 aliphatic rings. The third kappa shape index (κ3) is 4.52. The molecule has 10 nitrogen and oxygen atoms in total. The summed E-state index contributed by atoms with van der Waals surface area (Å²) in [6.45, 7) is 5.71. The summed E-state index contributed by atoms with van der Waals surface area (Å²) in [6, 6.07) is 8.98. The minimum absolute atomic E-state index is 0.476. The quantitative estimate of drug-likeness (QED) is 0.595. The van der Waals surface area contributed by atoms with Crippen molar-refractivity contribution in [3.05, 3.63) is 53.1 Å². The SMILES string of the molecule is Cc1ccc(NC(=O)NC(=O)CN2C(=O)N[C@](C)(c3ccc4c(c3)OCCCO4)C2=O)c(C)c1. The summed E-state index contributed by atoms with van der Waals surface area (Å²) in [6.07, 6.45) is 0.733. The molecular formula is C24H26N4O6. The van der Waals surface area contributed by atoms with Crippen LogP contribution in [0.2, 0.25) is 0 Å². The van der Waals surface area contributed by atoms with Crippen LogP contribution in [0.15, 0.2) is 36.4 Å². The van der Waals surface area contributed by atoms with Crippen molar-refractivity contribution in [3.8, 4) is 11.5 Å². The minimum atomic E-state index is -1.40. The number of rotatable bonds is 4. The van der Waals surface area contributed by atoms with Crippen LogP contribution in [0.3, 0.4) is 0 Å². The zero-order valence-electron chi connectivity index (χ0n) is 19.2. The number of anilines is 1. The van der Waals surface area contributed by atoms with Crippen LogP contribution in [0.4, 0.5) is 15.3 Å². The Hall–Kier alpha value is -4.08. The Morgan fingerprint density at radius 2 is 1.79 bits per heavy atom. The number of hydrogen-bond acceptors (Lipinski definition) is 6. The molecule has 4 rings (SSSR count). The first-order valence-corrected chi connectivity index (χ1v) is 10.9. The molecule has 3 N–H and O–H groups in total. The lowest BCUT2D eigenvalue weighted by Crippen LogP contribution is -2.45. The molecule has 0 aromatic heterocycles. The highest BCUT2D eigenvalue weighted by Crippen LogP contribution is 2.36. The van der Waals surface area contributed by atoms with Gasteiger partial charge in [0.25, 0.3) is 5.91 Å². The topological polar surface area (TPSA) is 126 Å². The second kappa shape index (κ2) is 9.05. The van der Waals surface area contributed by atoms with E-state index in [0.717, 1.165) is 22.4 Å². The van der Waals surface area contributed by atoms with E-state index in [2.05, 4.69) is 16.0 Å². The van der Waals surface area contributed by atoms with Gasteiger partial charge < -0.3 is 20.1 Å². The van der Waals surface area contributed by atoms with Gasteiger partial charge in [-0.3, -0.25) is 19.8 Å². The molecule has 34 heavy (non-hydrogen) atoms. The van der Waals surface area contributed by atoms with Gasteiger partial charge in [0.1, 0.15) is 12.1 Å². The highest BCUT2D eigenvalue weighted by molar-refractivity contribution is 6.10. The molecular weight excluding hydrogens is 440 g/mol. The Balaban J connectivity index is 1.43. The van der Waals surface area contributed by atoms with E-state index < -0.39 is 36.0 Å². The fourth-order valence-electron chi connectivity index (χ4n) is 3.93. The lowest BCUT2D eigenvalue weighted by molar-refractivity contribution is -0.134. The maximum atomic E-state index is 13.2. The number of hydrogen-bond donors (Lipinski definition) is 3. The molecule has 2 heterocycles. The highest BCUT2D eigenvalue weighted by atomic mass is 16.5. The summed E-state index contributed by atoms with van der Waals surface area (Å²) in [7, 11) is 0. The Bertz CT molecular complexity index is 1180. The number of carbonyl (C=O) groups is 4. The number of benzene rings is 2. The lowest BCUT2D eigenvalue weighted by atomic mass is 9.91. The summed E-state index contributed by atoms with van der Waals surface area (Å²) < 4.78 is 11.3. The number of imide groups is 2. The first kappa shape index (κ1) is 23.1. The molecule has 0 radical (unpaired) electrons. The van der Waals surface area contributed by atoms with Crippen molar-refractivity contribution in [1.29, 1.82) is 0 Å². The molecule has 2 aromatic carbocycles. The van der Waals surface area contributed by atoms with Gasteiger partial charge in [0.15, 0.2) is 11.5 Å². The van der Waals surface area contributed by atoms with E-state index in [1.54, 1.807) is 31.2 Å². The van der Waals surface area contributed by atoms with E-state index in [1.165, 1.54) is 0 Å². The molecule has 2 aromatic rings. The van der Waals surface area contributed by atoms with Crippen LogP contribution in [0, 0.1) is 13.8 Å². The molecule has 10 heteroatoms. The van der Waals surface area contributed by atoms with E-state index in [9.17, 15) is 19.2 Å². The number of amides is 6. The average molecular weight is 466 g/mol. The number of nitrogens with one attached hydrogen (secondary N) is 3. The van der Waals surface area contributed by atoms with Crippen molar-refractivity contribution in [2.75, 3.05) is 25.1 Å². The molecule has 0 unspecified atom stereocenters. The van der Waals surface area contributed by atoms with Crippen LogP contribution in [-0.4, -0.2) is 48.5 Å². The molecule has 2 aliphatic heterocycles. The summed E-state index contributed by atoms with van der Waals surface area (Å²) >= 11 is 0. The van der Waals surface area contributed by atoms with Gasteiger partial charge in [-0.25, -0.2) is 9.59 Å². The summed E-state index contributed by atoms with van der Waals surface area (Å²) in [5, 5.41) is 7.39. The van der Waals surface area contributed by atoms with E-state index in [0.29, 0.717) is 36.0 Å². The Labute approximate surface area is 196 Å². The third-order valence-corrected chi connectivity index (χ3v) is 5.78. The monoisotopic (exact) mass is 466 g/mol. The smallest absolute Gasteiger partial charge is 0.325 e. The number of urea groups is 2. The number of nitrogens with zero attached hydrogens (tertiary/aromatic N) is 1. The average Bonchev–Trinajstić information content (AvgIpc) is 2.94. The van der Waals surface area contributed by atoms with Crippen molar-refractivity contribution < 1.29 is 28.7 Å². The van der Waals surface area contributed by atoms with Crippen LogP contribution in [0.5, 0.6) is 11.5 Å². The predicted molar refractivity (Wildman–Crippen MR) is 123 cm³/mol. The third-order valence-electron chi connectivity index (χ3n) is 5.78. The Kier molecular flexibility index (Phi) is 6.14. The summed E-state index contributed by atoms with van der Waals surface area (Å²) in [5.41, 5.74) is 1.51. The molecule has 1 saturated heterocycles. The van der Waals surface area contributed by atoms with Crippen molar-refractivity contribution in [2.24, 2.45) is 0 Å². The molecule has 0 bridgehead atoms. The normalized spacial score (nSPS) is 19.3. The largest absolute Gasteiger partial charge is 0.490 e. The first-order chi connectivity index (χ1) is 16.2. The fourth-order valence-corrected chi connectivity index (χ4v) is 3.93. The van der Waals surface area contributed by atoms with Gasteiger partial charge in [0.05, 0.1) is 13.2 Å². The van der Waals surface area contributed by atoms with Crippen molar-refractivity contribution in [1.82, 2.24) is 15.5 Å². The van der Waals surface area contributed by atoms with Gasteiger partial charge in [-0.2, -0.15) is 0 Å². The van der Waals surface area contributed by atoms with E-state index >= 15 is 0 Å². The van der Waals surface area contributed by atoms with Crippen molar-refractivity contribution >= 4 is 29.6 Å². The summed E-state index contributed by atoms with van der Waals surface area (Å²) in [5.74, 6) is -0.365. The minimum Gasteiger partial charge on any atom is -0.490 e. The van der Waals surface area contributed by atoms with Gasteiger partial charge >= 0.3 is 12.1 Å². The lowest BCUT2D eigenvalue weighted by Gasteiger charge is -2.23. The number of ether oxygens (including phenoxy) is 2. The van der Waals surface area contributed by atoms with E-state index in [4.69, 9.17) is 9.47 Å². The molecule has 178 valence electrons. The maximum absolute atomic E-state index is 13.2. The van der Waals surface area contributed by atoms with E-state index in [1.807, 2.05) is 26.0 Å². The van der Waals surface area contributed by atoms with E-state index in [-0.39, 0.29) is 0 Å². The van der Waals surface area contributed by atoms with Gasteiger partial charge in [-0.1, -0.05) is 23.8 Å². The van der Waals surface area contributed by atoms with Crippen molar-refractivity contribution in [2.45, 2.75) is 32.7 Å². The highest BCUT2D eigenvalue weighted by Gasteiger charge is 2.49. The van der Waals surface area contributed by atoms with Gasteiger partial charge in [0.2, 0.25) is 5.91 Å². The van der Waals surface area contributed by atoms with Crippen LogP contribution in [-0.2, 0) is 15.1 Å². The van der Waals surface area contributed by atoms with Crippen molar-refractivity contribution in [3.63, 3.8) is 0 Å². The standard InChI is InChI=1S/C24H26N4O6/c1-14-5-7-17(15(2)11-14)25-22(31)26-20(29)13-28-21(30)24(3,27-23(28)32)16-6-8-18-19(12-16)34-10-4-9-33-18/h5-8,11-12H,4,9-10,13H2,1-3H3,(H,27,32)(H2,25,26,29,31)/t24-/m1/s1. The Morgan fingerprint density at radius 1 is 1.06 bits per heavy atom. The van der Waals surface area contributed by atoms with Gasteiger partial charge in [0, 0.05) is 12.1 Å². The summed E-state index contributed by atoms with van der Waals surface area (Å²) in [4.78, 5) is 51.2. The molecule has 0 aliphatic carbocycles. The van der Waals surface area contributed by atoms with Gasteiger partial charge in [-0.15, -0.1) is 0 Å². The first-order valence-electron chi connectivity index (χ1n) is 10.9. The van der Waals surface area contributed by atoms with Crippen LogP contribution < -0.4 is 25.4 Å². The van der Waals surface area contributed by atoms with Crippen LogP contribution in [0.25, 0.3) is 0 Å².